The summed E-state index contributed by atoms with van der Waals surface area (Å²) in [6.07, 6.45) is 0. The lowest BCUT2D eigenvalue weighted by atomic mass is 9.94. The summed E-state index contributed by atoms with van der Waals surface area (Å²) in [5.74, 6) is -1.83. The Kier molecular flexibility index (Phi) is 19.9. The van der Waals surface area contributed by atoms with Crippen molar-refractivity contribution in [1.82, 2.24) is 0 Å². The molecule has 0 spiro atoms. The second-order valence-corrected chi connectivity index (χ2v) is 6.84. The molecule has 0 saturated heterocycles. The summed E-state index contributed by atoms with van der Waals surface area (Å²) in [6.45, 7) is 18.4. The first-order chi connectivity index (χ1) is 18.8. The van der Waals surface area contributed by atoms with Gasteiger partial charge in [0.05, 0.1) is 12.7 Å². The maximum Gasteiger partial charge on any atom is 0.230 e. The van der Waals surface area contributed by atoms with Gasteiger partial charge in [0.15, 0.2) is 11.6 Å². The molecule has 3 aromatic rings. The van der Waals surface area contributed by atoms with Crippen LogP contribution >= 0.6 is 0 Å². The van der Waals surface area contributed by atoms with Gasteiger partial charge in [-0.05, 0) is 12.1 Å². The first-order valence-electron chi connectivity index (χ1n) is 13.6. The van der Waals surface area contributed by atoms with E-state index in [0.717, 1.165) is 4.90 Å². The van der Waals surface area contributed by atoms with E-state index in [2.05, 4.69) is 0 Å². The molecule has 0 fully saturated rings. The van der Waals surface area contributed by atoms with Crippen LogP contribution in [0.1, 0.15) is 101 Å². The molecule has 0 N–H and O–H groups in total. The van der Waals surface area contributed by atoms with Crippen LogP contribution in [0.5, 0.6) is 5.75 Å². The average Bonchev–Trinajstić information content (AvgIpc) is 3.01. The minimum absolute atomic E-state index is 0.0148. The Morgan fingerprint density at radius 3 is 1.31 bits per heavy atom. The lowest BCUT2D eigenvalue weighted by Crippen LogP contribution is -2.35. The first-order valence-corrected chi connectivity index (χ1v) is 13.6. The average molecular weight is 536 g/mol. The van der Waals surface area contributed by atoms with Crippen LogP contribution in [-0.2, 0) is 9.59 Å². The van der Waals surface area contributed by atoms with E-state index in [0.29, 0.717) is 11.1 Å². The molecule has 0 aliphatic carbocycles. The second-order valence-electron chi connectivity index (χ2n) is 6.84. The minimum Gasteiger partial charge on any atom is -0.495 e. The van der Waals surface area contributed by atoms with E-state index in [1.807, 2.05) is 55.4 Å². The van der Waals surface area contributed by atoms with Crippen LogP contribution in [0.3, 0.4) is 0 Å². The number of methoxy groups -OCH3 is 1. The molecule has 3 rings (SSSR count). The number of carbonyl (C=O) groups excluding carboxylic acids is 4. The largest absolute Gasteiger partial charge is 0.495 e. The molecular weight excluding hydrogens is 490 g/mol. The number of carbonyl (C=O) groups is 4. The molecule has 0 radical (unpaired) electrons. The van der Waals surface area contributed by atoms with Gasteiger partial charge in [-0.1, -0.05) is 116 Å². The number of ether oxygens (including phenoxy) is 1. The number of amides is 2. The highest BCUT2D eigenvalue weighted by atomic mass is 16.5. The lowest BCUT2D eigenvalue weighted by Gasteiger charge is -2.23. The standard InChI is InChI=1S/C25H21NO5.4C2H6/c1-16(27)26(17(2)28)23-21(25(30)19-12-8-5-9-13-19)14-20(15-22(23)31-3)24(29)18-10-6-4-7-11-18;4*1-2/h4-15H,1-3H3;4*1-2H3. The molecule has 3 aromatic carbocycles. The third-order valence-corrected chi connectivity index (χ3v) is 4.73. The number of hydrogen-bond donors (Lipinski definition) is 0. The van der Waals surface area contributed by atoms with Crippen LogP contribution in [-0.4, -0.2) is 30.5 Å². The SMILES string of the molecule is CC.CC.CC.CC.COc1cc(C(=O)c2ccccc2)cc(C(=O)c2ccccc2)c1N(C(C)=O)C(C)=O. The molecule has 0 unspecified atom stereocenters. The van der Waals surface area contributed by atoms with Gasteiger partial charge in [0, 0.05) is 30.5 Å². The van der Waals surface area contributed by atoms with Crippen molar-refractivity contribution in [3.8, 4) is 5.75 Å². The van der Waals surface area contributed by atoms with Gasteiger partial charge in [-0.3, -0.25) is 19.2 Å². The molecule has 0 heterocycles. The minimum atomic E-state index is -0.574. The van der Waals surface area contributed by atoms with E-state index in [9.17, 15) is 19.2 Å². The predicted octanol–water partition coefficient (Wildman–Crippen LogP) is 8.16. The summed E-state index contributed by atoms with van der Waals surface area (Å²) in [4.78, 5) is 51.9. The van der Waals surface area contributed by atoms with Crippen molar-refractivity contribution < 1.29 is 23.9 Å². The number of anilines is 1. The van der Waals surface area contributed by atoms with E-state index in [4.69, 9.17) is 4.74 Å². The number of benzene rings is 3. The third kappa shape index (κ3) is 10.3. The highest BCUT2D eigenvalue weighted by Crippen LogP contribution is 2.36. The van der Waals surface area contributed by atoms with Crippen LogP contribution in [0.25, 0.3) is 0 Å². The number of imide groups is 1. The third-order valence-electron chi connectivity index (χ3n) is 4.73. The molecule has 6 heteroatoms. The van der Waals surface area contributed by atoms with Crippen molar-refractivity contribution in [3.05, 3.63) is 95.1 Å². The topological polar surface area (TPSA) is 80.8 Å². The van der Waals surface area contributed by atoms with Crippen molar-refractivity contribution in [2.24, 2.45) is 0 Å². The van der Waals surface area contributed by atoms with Crippen LogP contribution in [0, 0.1) is 0 Å². The van der Waals surface area contributed by atoms with E-state index >= 15 is 0 Å². The van der Waals surface area contributed by atoms with Crippen molar-refractivity contribution in [1.29, 1.82) is 0 Å². The Morgan fingerprint density at radius 2 is 0.949 bits per heavy atom. The summed E-state index contributed by atoms with van der Waals surface area (Å²) >= 11 is 0. The van der Waals surface area contributed by atoms with Gasteiger partial charge in [-0.2, -0.15) is 0 Å². The van der Waals surface area contributed by atoms with Gasteiger partial charge in [0.1, 0.15) is 11.4 Å². The molecule has 39 heavy (non-hydrogen) atoms. The van der Waals surface area contributed by atoms with E-state index in [-0.39, 0.29) is 28.3 Å². The molecule has 0 aromatic heterocycles. The molecular formula is C33H45NO5. The summed E-state index contributed by atoms with van der Waals surface area (Å²) in [5, 5.41) is 0. The fourth-order valence-electron chi connectivity index (χ4n) is 3.34. The van der Waals surface area contributed by atoms with Crippen molar-refractivity contribution in [2.75, 3.05) is 12.0 Å². The smallest absolute Gasteiger partial charge is 0.230 e. The summed E-state index contributed by atoms with van der Waals surface area (Å²) < 4.78 is 5.43. The Labute approximate surface area is 235 Å². The fourth-order valence-corrected chi connectivity index (χ4v) is 3.34. The van der Waals surface area contributed by atoms with Crippen LogP contribution in [0.4, 0.5) is 5.69 Å². The molecule has 6 nitrogen and oxygen atoms in total. The second kappa shape index (κ2) is 20.9. The van der Waals surface area contributed by atoms with Gasteiger partial charge >= 0.3 is 0 Å². The van der Waals surface area contributed by atoms with Crippen LogP contribution in [0.15, 0.2) is 72.8 Å². The summed E-state index contributed by atoms with van der Waals surface area (Å²) in [6, 6.07) is 19.9. The quantitative estimate of drug-likeness (QED) is 0.297. The molecule has 0 aliphatic rings. The van der Waals surface area contributed by atoms with E-state index < -0.39 is 17.6 Å². The Bertz CT molecular complexity index is 1140. The maximum atomic E-state index is 13.4. The Balaban J connectivity index is 0. The normalized spacial score (nSPS) is 8.79. The van der Waals surface area contributed by atoms with Crippen molar-refractivity contribution in [3.63, 3.8) is 0 Å². The van der Waals surface area contributed by atoms with Gasteiger partial charge in [-0.25, -0.2) is 4.90 Å². The predicted molar refractivity (Wildman–Crippen MR) is 162 cm³/mol. The van der Waals surface area contributed by atoms with Crippen LogP contribution in [0.2, 0.25) is 0 Å². The number of rotatable bonds is 6. The molecule has 2 amide bonds. The summed E-state index contributed by atoms with van der Waals surface area (Å²) in [7, 11) is 1.35. The van der Waals surface area contributed by atoms with Crippen LogP contribution < -0.4 is 9.64 Å². The monoisotopic (exact) mass is 535 g/mol. The fraction of sp³-hybridized carbons (Fsp3) is 0.333. The summed E-state index contributed by atoms with van der Waals surface area (Å²) in [5.41, 5.74) is 1.03. The van der Waals surface area contributed by atoms with Crippen molar-refractivity contribution >= 4 is 29.1 Å². The Hall–Kier alpha value is -4.06. The highest BCUT2D eigenvalue weighted by Gasteiger charge is 2.29. The maximum absolute atomic E-state index is 13.4. The van der Waals surface area contributed by atoms with E-state index in [1.54, 1.807) is 60.7 Å². The zero-order chi connectivity index (χ0) is 30.5. The molecule has 0 bridgehead atoms. The zero-order valence-corrected chi connectivity index (χ0v) is 25.4. The zero-order valence-electron chi connectivity index (χ0n) is 25.4. The van der Waals surface area contributed by atoms with Crippen molar-refractivity contribution in [2.45, 2.75) is 69.2 Å². The molecule has 212 valence electrons. The van der Waals surface area contributed by atoms with E-state index in [1.165, 1.54) is 33.1 Å². The lowest BCUT2D eigenvalue weighted by molar-refractivity contribution is -0.124. The molecule has 0 aliphatic heterocycles. The number of nitrogens with zero attached hydrogens (tertiary/aromatic N) is 1. The highest BCUT2D eigenvalue weighted by molar-refractivity contribution is 6.22. The van der Waals surface area contributed by atoms with Gasteiger partial charge in [-0.15, -0.1) is 0 Å². The Morgan fingerprint density at radius 1 is 0.564 bits per heavy atom. The first kappa shape index (κ1) is 37.1. The number of ketones is 2. The van der Waals surface area contributed by atoms with Gasteiger partial charge in [0.2, 0.25) is 11.8 Å². The molecule has 0 atom stereocenters. The van der Waals surface area contributed by atoms with Gasteiger partial charge in [0.25, 0.3) is 0 Å². The number of hydrogen-bond acceptors (Lipinski definition) is 5. The molecule has 0 saturated carbocycles. The van der Waals surface area contributed by atoms with Gasteiger partial charge < -0.3 is 4.74 Å².